The molecule has 2 aromatic carbocycles. The third kappa shape index (κ3) is 6.40. The van der Waals surface area contributed by atoms with Gasteiger partial charge in [0.1, 0.15) is 5.75 Å². The number of esters is 1. The van der Waals surface area contributed by atoms with Gasteiger partial charge in [-0.3, -0.25) is 9.59 Å². The van der Waals surface area contributed by atoms with Crippen molar-refractivity contribution in [2.24, 2.45) is 0 Å². The molecule has 32 heavy (non-hydrogen) atoms. The van der Waals surface area contributed by atoms with E-state index in [0.717, 1.165) is 31.2 Å². The van der Waals surface area contributed by atoms with Crippen molar-refractivity contribution in [2.75, 3.05) is 26.8 Å². The van der Waals surface area contributed by atoms with Crippen LogP contribution in [0.3, 0.4) is 0 Å². The number of nitrogens with zero attached hydrogens (tertiary/aromatic N) is 1. The second-order valence-corrected chi connectivity index (χ2v) is 9.71. The topological polar surface area (TPSA) is 90.0 Å². The van der Waals surface area contributed by atoms with Crippen LogP contribution in [0, 0.1) is 0 Å². The summed E-state index contributed by atoms with van der Waals surface area (Å²) in [6.45, 7) is 0.800. The first-order valence-corrected chi connectivity index (χ1v) is 12.3. The Balaban J connectivity index is 1.48. The van der Waals surface area contributed by atoms with Gasteiger partial charge in [0.2, 0.25) is 10.0 Å². The van der Waals surface area contributed by atoms with Crippen molar-refractivity contribution < 1.29 is 27.5 Å². The lowest BCUT2D eigenvalue weighted by molar-refractivity contribution is -0.142. The fourth-order valence-corrected chi connectivity index (χ4v) is 5.10. The average Bonchev–Trinajstić information content (AvgIpc) is 3.12. The lowest BCUT2D eigenvalue weighted by Gasteiger charge is -2.20. The van der Waals surface area contributed by atoms with E-state index in [1.807, 2.05) is 0 Å². The number of sulfonamides is 1. The van der Waals surface area contributed by atoms with Crippen LogP contribution in [0.1, 0.15) is 48.0 Å². The van der Waals surface area contributed by atoms with E-state index in [-0.39, 0.29) is 23.7 Å². The van der Waals surface area contributed by atoms with Gasteiger partial charge in [-0.2, -0.15) is 4.31 Å². The molecule has 172 valence electrons. The molecular formula is C24H29NO6S. The van der Waals surface area contributed by atoms with E-state index >= 15 is 0 Å². The number of ketones is 1. The van der Waals surface area contributed by atoms with E-state index in [4.69, 9.17) is 9.47 Å². The molecule has 0 bridgehead atoms. The summed E-state index contributed by atoms with van der Waals surface area (Å²) in [5.41, 5.74) is 1.28. The number of benzene rings is 2. The zero-order valence-corrected chi connectivity index (χ0v) is 19.1. The number of hydrogen-bond acceptors (Lipinski definition) is 6. The molecule has 0 aromatic heterocycles. The van der Waals surface area contributed by atoms with Gasteiger partial charge in [-0.15, -0.1) is 0 Å². The Kier molecular flexibility index (Phi) is 8.41. The van der Waals surface area contributed by atoms with Crippen LogP contribution in [0.2, 0.25) is 0 Å². The Hall–Kier alpha value is -2.71. The average molecular weight is 460 g/mol. The summed E-state index contributed by atoms with van der Waals surface area (Å²) >= 11 is 0. The normalized spacial score (nSPS) is 15.0. The molecule has 0 radical (unpaired) electrons. The van der Waals surface area contributed by atoms with Crippen LogP contribution in [-0.2, 0) is 26.0 Å². The number of aryl methyl sites for hydroxylation is 1. The molecule has 0 atom stereocenters. The summed E-state index contributed by atoms with van der Waals surface area (Å²) in [5.74, 6) is -0.124. The first kappa shape index (κ1) is 23.9. The molecular weight excluding hydrogens is 430 g/mol. The van der Waals surface area contributed by atoms with Crippen molar-refractivity contribution >= 4 is 21.8 Å². The monoisotopic (exact) mass is 459 g/mol. The fourth-order valence-electron chi connectivity index (χ4n) is 3.58. The Morgan fingerprint density at radius 1 is 0.906 bits per heavy atom. The van der Waals surface area contributed by atoms with Gasteiger partial charge in [0.15, 0.2) is 12.4 Å². The number of methoxy groups -OCH3 is 1. The SMILES string of the molecule is COc1ccc(C(=O)COC(=O)CCc2ccc(S(=O)(=O)N3CCCCCC3)cc2)cc1. The van der Waals surface area contributed by atoms with E-state index < -0.39 is 16.0 Å². The molecule has 0 aliphatic carbocycles. The largest absolute Gasteiger partial charge is 0.497 e. The van der Waals surface area contributed by atoms with Crippen molar-refractivity contribution in [2.45, 2.75) is 43.4 Å². The minimum absolute atomic E-state index is 0.105. The highest BCUT2D eigenvalue weighted by Crippen LogP contribution is 2.21. The Bertz CT molecular complexity index is 1010. The second-order valence-electron chi connectivity index (χ2n) is 7.77. The van der Waals surface area contributed by atoms with Gasteiger partial charge in [0, 0.05) is 25.1 Å². The summed E-state index contributed by atoms with van der Waals surface area (Å²) in [7, 11) is -1.94. The Morgan fingerprint density at radius 3 is 2.12 bits per heavy atom. The van der Waals surface area contributed by atoms with Gasteiger partial charge < -0.3 is 9.47 Å². The van der Waals surface area contributed by atoms with Crippen LogP contribution in [0.15, 0.2) is 53.4 Å². The zero-order chi connectivity index (χ0) is 23.0. The summed E-state index contributed by atoms with van der Waals surface area (Å²) in [6, 6.07) is 13.2. The first-order chi connectivity index (χ1) is 15.4. The predicted octanol–water partition coefficient (Wildman–Crippen LogP) is 3.62. The van der Waals surface area contributed by atoms with Crippen LogP contribution >= 0.6 is 0 Å². The molecule has 0 saturated carbocycles. The molecule has 1 aliphatic heterocycles. The lowest BCUT2D eigenvalue weighted by atomic mass is 10.1. The molecule has 8 heteroatoms. The smallest absolute Gasteiger partial charge is 0.306 e. The van der Waals surface area contributed by atoms with Crippen LogP contribution in [0.4, 0.5) is 0 Å². The van der Waals surface area contributed by atoms with Crippen LogP contribution in [0.25, 0.3) is 0 Å². The lowest BCUT2D eigenvalue weighted by Crippen LogP contribution is -2.31. The molecule has 3 rings (SSSR count). The van der Waals surface area contributed by atoms with Gasteiger partial charge in [-0.05, 0) is 61.2 Å². The number of Topliss-reactive ketones (excluding diaryl/α,β-unsaturated/α-hetero) is 1. The summed E-state index contributed by atoms with van der Waals surface area (Å²) in [6.07, 6.45) is 4.41. The summed E-state index contributed by atoms with van der Waals surface area (Å²) in [5, 5.41) is 0. The molecule has 1 heterocycles. The number of rotatable bonds is 9. The van der Waals surface area contributed by atoms with E-state index in [1.165, 1.54) is 0 Å². The highest BCUT2D eigenvalue weighted by Gasteiger charge is 2.24. The minimum Gasteiger partial charge on any atom is -0.497 e. The fraction of sp³-hybridized carbons (Fsp3) is 0.417. The number of hydrogen-bond donors (Lipinski definition) is 0. The standard InChI is InChI=1S/C24H29NO6S/c1-30-21-11-9-20(10-12-21)23(26)18-31-24(27)15-8-19-6-13-22(14-7-19)32(28,29)25-16-4-2-3-5-17-25/h6-7,9-14H,2-5,8,15-18H2,1H3. The van der Waals surface area contributed by atoms with Gasteiger partial charge in [-0.1, -0.05) is 25.0 Å². The molecule has 0 spiro atoms. The van der Waals surface area contributed by atoms with Crippen LogP contribution in [0.5, 0.6) is 5.75 Å². The van der Waals surface area contributed by atoms with Crippen LogP contribution in [-0.4, -0.2) is 51.3 Å². The van der Waals surface area contributed by atoms with Crippen molar-refractivity contribution in [3.8, 4) is 5.75 Å². The van der Waals surface area contributed by atoms with Crippen molar-refractivity contribution in [1.29, 1.82) is 0 Å². The minimum atomic E-state index is -3.49. The summed E-state index contributed by atoms with van der Waals surface area (Å²) in [4.78, 5) is 24.4. The van der Waals surface area contributed by atoms with Crippen molar-refractivity contribution in [1.82, 2.24) is 4.31 Å². The highest BCUT2D eigenvalue weighted by atomic mass is 32.2. The van der Waals surface area contributed by atoms with E-state index in [9.17, 15) is 18.0 Å². The Morgan fingerprint density at radius 2 is 1.53 bits per heavy atom. The third-order valence-corrected chi connectivity index (χ3v) is 7.43. The maximum absolute atomic E-state index is 12.8. The maximum atomic E-state index is 12.8. The van der Waals surface area contributed by atoms with Crippen molar-refractivity contribution in [3.05, 3.63) is 59.7 Å². The predicted molar refractivity (Wildman–Crippen MR) is 120 cm³/mol. The molecule has 0 N–H and O–H groups in total. The van der Waals surface area contributed by atoms with E-state index in [1.54, 1.807) is 59.9 Å². The van der Waals surface area contributed by atoms with Gasteiger partial charge in [0.25, 0.3) is 0 Å². The quantitative estimate of drug-likeness (QED) is 0.420. The molecule has 7 nitrogen and oxygen atoms in total. The van der Waals surface area contributed by atoms with E-state index in [2.05, 4.69) is 0 Å². The summed E-state index contributed by atoms with van der Waals surface area (Å²) < 4.78 is 37.4. The third-order valence-electron chi connectivity index (χ3n) is 5.52. The molecule has 0 unspecified atom stereocenters. The Labute approximate surface area is 189 Å². The van der Waals surface area contributed by atoms with Crippen molar-refractivity contribution in [3.63, 3.8) is 0 Å². The molecule has 0 amide bonds. The van der Waals surface area contributed by atoms with Gasteiger partial charge in [0.05, 0.1) is 12.0 Å². The maximum Gasteiger partial charge on any atom is 0.306 e. The number of carbonyl (C=O) groups excluding carboxylic acids is 2. The molecule has 1 saturated heterocycles. The zero-order valence-electron chi connectivity index (χ0n) is 18.3. The van der Waals surface area contributed by atoms with Gasteiger partial charge >= 0.3 is 5.97 Å². The van der Waals surface area contributed by atoms with Crippen LogP contribution < -0.4 is 4.74 Å². The first-order valence-electron chi connectivity index (χ1n) is 10.8. The van der Waals surface area contributed by atoms with Gasteiger partial charge in [-0.25, -0.2) is 8.42 Å². The molecule has 1 aliphatic rings. The molecule has 1 fully saturated rings. The second kappa shape index (κ2) is 11.2. The number of ether oxygens (including phenoxy) is 2. The molecule has 2 aromatic rings. The highest BCUT2D eigenvalue weighted by molar-refractivity contribution is 7.89. The number of carbonyl (C=O) groups is 2. The van der Waals surface area contributed by atoms with E-state index in [0.29, 0.717) is 30.8 Å².